The third-order valence-electron chi connectivity index (χ3n) is 5.70. The van der Waals surface area contributed by atoms with Crippen molar-refractivity contribution in [1.82, 2.24) is 0 Å². The minimum absolute atomic E-state index is 0.0901. The highest BCUT2D eigenvalue weighted by molar-refractivity contribution is 5.95. The van der Waals surface area contributed by atoms with Crippen LogP contribution in [0.4, 0.5) is 0 Å². The van der Waals surface area contributed by atoms with Crippen molar-refractivity contribution in [1.29, 1.82) is 0 Å². The molecule has 80 valence electrons. The second-order valence-corrected chi connectivity index (χ2v) is 6.19. The summed E-state index contributed by atoms with van der Waals surface area (Å²) >= 11 is 0. The Morgan fingerprint density at radius 3 is 2.87 bits per heavy atom. The molecule has 1 spiro atoms. The molecule has 5 rings (SSSR count). The van der Waals surface area contributed by atoms with Crippen LogP contribution < -0.4 is 0 Å². The average Bonchev–Trinajstić information content (AvgIpc) is 2.36. The van der Waals surface area contributed by atoms with Crippen LogP contribution >= 0.6 is 0 Å². The fourth-order valence-corrected chi connectivity index (χ4v) is 5.31. The average molecular weight is 206 g/mol. The number of carboxylic acid groups (broad SMARTS) is 1. The lowest BCUT2D eigenvalue weighted by Crippen LogP contribution is -2.61. The molecule has 3 nitrogen and oxygen atoms in total. The molecule has 5 atom stereocenters. The quantitative estimate of drug-likeness (QED) is 0.706. The minimum atomic E-state index is -0.644. The van der Waals surface area contributed by atoms with Gasteiger partial charge in [0.15, 0.2) is 0 Å². The van der Waals surface area contributed by atoms with Gasteiger partial charge < -0.3 is 5.11 Å². The second kappa shape index (κ2) is 2.00. The van der Waals surface area contributed by atoms with Crippen molar-refractivity contribution < 1.29 is 14.7 Å². The maximum Gasteiger partial charge on any atom is 0.309 e. The molecule has 5 saturated carbocycles. The molecule has 5 unspecified atom stereocenters. The molecule has 0 heterocycles. The molecule has 5 aliphatic carbocycles. The Balaban J connectivity index is 1.88. The number of ketones is 1. The lowest BCUT2D eigenvalue weighted by atomic mass is 9.41. The predicted octanol–water partition coefficient (Wildman–Crippen LogP) is 1.47. The fraction of sp³-hybridized carbons (Fsp3) is 0.833. The highest BCUT2D eigenvalue weighted by Gasteiger charge is 2.75. The third kappa shape index (κ3) is 0.649. The lowest BCUT2D eigenvalue weighted by molar-refractivity contribution is -0.186. The Kier molecular flexibility index (Phi) is 1.11. The van der Waals surface area contributed by atoms with Crippen LogP contribution in [0.15, 0.2) is 0 Å². The SMILES string of the molecule is O=C(O)C12CC3CC4C(C1)CC4(C2)C3=O. The lowest BCUT2D eigenvalue weighted by Gasteiger charge is -2.61. The molecule has 0 aliphatic heterocycles. The van der Waals surface area contributed by atoms with E-state index >= 15 is 0 Å². The molecule has 5 aliphatic rings. The molecule has 1 N–H and O–H groups in total. The van der Waals surface area contributed by atoms with Crippen molar-refractivity contribution in [3.8, 4) is 0 Å². The van der Waals surface area contributed by atoms with Gasteiger partial charge in [0.05, 0.1) is 5.41 Å². The Bertz CT molecular complexity index is 402. The number of carboxylic acids is 1. The summed E-state index contributed by atoms with van der Waals surface area (Å²) in [5.41, 5.74) is -0.682. The van der Waals surface area contributed by atoms with Crippen molar-refractivity contribution in [2.45, 2.75) is 32.1 Å². The maximum atomic E-state index is 12.1. The van der Waals surface area contributed by atoms with Gasteiger partial charge in [0, 0.05) is 11.3 Å². The van der Waals surface area contributed by atoms with Crippen molar-refractivity contribution >= 4 is 11.8 Å². The molecule has 15 heavy (non-hydrogen) atoms. The van der Waals surface area contributed by atoms with E-state index in [2.05, 4.69) is 0 Å². The summed E-state index contributed by atoms with van der Waals surface area (Å²) in [6.45, 7) is 0. The first-order valence-electron chi connectivity index (χ1n) is 5.85. The zero-order valence-electron chi connectivity index (χ0n) is 8.53. The largest absolute Gasteiger partial charge is 0.481 e. The number of hydrogen-bond donors (Lipinski definition) is 1. The van der Waals surface area contributed by atoms with E-state index < -0.39 is 11.4 Å². The minimum Gasteiger partial charge on any atom is -0.481 e. The summed E-state index contributed by atoms with van der Waals surface area (Å²) < 4.78 is 0. The molecule has 0 radical (unpaired) electrons. The zero-order valence-corrected chi connectivity index (χ0v) is 8.53. The van der Waals surface area contributed by atoms with Crippen molar-refractivity contribution in [2.24, 2.45) is 28.6 Å². The van der Waals surface area contributed by atoms with Gasteiger partial charge in [-0.15, -0.1) is 0 Å². The van der Waals surface area contributed by atoms with Gasteiger partial charge in [-0.25, -0.2) is 0 Å². The van der Waals surface area contributed by atoms with Crippen LogP contribution in [0.25, 0.3) is 0 Å². The molecule has 0 saturated heterocycles. The summed E-state index contributed by atoms with van der Waals surface area (Å²) in [7, 11) is 0. The van der Waals surface area contributed by atoms with E-state index in [1.807, 2.05) is 0 Å². The first-order chi connectivity index (χ1) is 7.07. The topological polar surface area (TPSA) is 54.4 Å². The zero-order chi connectivity index (χ0) is 10.4. The van der Waals surface area contributed by atoms with Crippen LogP contribution in [0.1, 0.15) is 32.1 Å². The monoisotopic (exact) mass is 206 g/mol. The number of Topliss-reactive ketones (excluding diaryl/α,β-unsaturated/α-hetero) is 1. The predicted molar refractivity (Wildman–Crippen MR) is 51.1 cm³/mol. The summed E-state index contributed by atoms with van der Waals surface area (Å²) in [5.74, 6) is 0.971. The van der Waals surface area contributed by atoms with Gasteiger partial charge in [-0.2, -0.15) is 0 Å². The molecule has 3 heteroatoms. The van der Waals surface area contributed by atoms with Gasteiger partial charge in [0.2, 0.25) is 0 Å². The number of rotatable bonds is 1. The van der Waals surface area contributed by atoms with E-state index in [0.717, 1.165) is 19.3 Å². The highest BCUT2D eigenvalue weighted by atomic mass is 16.4. The normalized spacial score (nSPS) is 59.2. The summed E-state index contributed by atoms with van der Waals surface area (Å²) in [6, 6.07) is 0. The van der Waals surface area contributed by atoms with Gasteiger partial charge in [0.25, 0.3) is 0 Å². The van der Waals surface area contributed by atoms with Gasteiger partial charge >= 0.3 is 5.97 Å². The summed E-state index contributed by atoms with van der Waals surface area (Å²) in [5, 5.41) is 9.39. The molecule has 5 fully saturated rings. The Morgan fingerprint density at radius 2 is 2.13 bits per heavy atom. The van der Waals surface area contributed by atoms with E-state index in [0.29, 0.717) is 30.5 Å². The van der Waals surface area contributed by atoms with E-state index in [-0.39, 0.29) is 11.3 Å². The Labute approximate surface area is 87.8 Å². The fourth-order valence-electron chi connectivity index (χ4n) is 5.31. The van der Waals surface area contributed by atoms with Crippen LogP contribution in [-0.2, 0) is 9.59 Å². The first kappa shape index (κ1) is 8.31. The van der Waals surface area contributed by atoms with E-state index in [1.165, 1.54) is 0 Å². The van der Waals surface area contributed by atoms with Crippen molar-refractivity contribution in [3.63, 3.8) is 0 Å². The van der Waals surface area contributed by atoms with Crippen LogP contribution in [0.2, 0.25) is 0 Å². The van der Waals surface area contributed by atoms with Crippen LogP contribution in [0.5, 0.6) is 0 Å². The molecule has 0 aromatic heterocycles. The number of fused-ring (bicyclic) bond motifs is 1. The number of hydrogen-bond acceptors (Lipinski definition) is 2. The van der Waals surface area contributed by atoms with Crippen molar-refractivity contribution in [3.05, 3.63) is 0 Å². The third-order valence-corrected chi connectivity index (χ3v) is 5.70. The van der Waals surface area contributed by atoms with Gasteiger partial charge in [-0.1, -0.05) is 0 Å². The van der Waals surface area contributed by atoms with E-state index in [9.17, 15) is 14.7 Å². The van der Waals surface area contributed by atoms with Crippen LogP contribution in [-0.4, -0.2) is 16.9 Å². The van der Waals surface area contributed by atoms with Gasteiger partial charge in [-0.05, 0) is 43.9 Å². The number of carbonyl (C=O) groups is 2. The van der Waals surface area contributed by atoms with Crippen molar-refractivity contribution in [2.75, 3.05) is 0 Å². The molecular formula is C12H14O3. The smallest absolute Gasteiger partial charge is 0.309 e. The van der Waals surface area contributed by atoms with E-state index in [1.54, 1.807) is 0 Å². The van der Waals surface area contributed by atoms with Gasteiger partial charge in [-0.3, -0.25) is 9.59 Å². The first-order valence-corrected chi connectivity index (χ1v) is 5.85. The summed E-state index contributed by atoms with van der Waals surface area (Å²) in [4.78, 5) is 23.5. The van der Waals surface area contributed by atoms with Crippen LogP contribution in [0, 0.1) is 28.6 Å². The highest BCUT2D eigenvalue weighted by Crippen LogP contribution is 2.76. The standard InChI is InChI=1S/C12H14O3/c13-9-6-1-8-7-3-11(2-6,10(14)15)5-12(8,9)4-7/h6-8H,1-5H2,(H,14,15). The maximum absolute atomic E-state index is 12.1. The van der Waals surface area contributed by atoms with Gasteiger partial charge in [0.1, 0.15) is 5.78 Å². The van der Waals surface area contributed by atoms with E-state index in [4.69, 9.17) is 0 Å². The molecular weight excluding hydrogens is 192 g/mol. The molecule has 0 aromatic carbocycles. The number of carbonyl (C=O) groups excluding carboxylic acids is 1. The van der Waals surface area contributed by atoms with Crippen LogP contribution in [0.3, 0.4) is 0 Å². The summed E-state index contributed by atoms with van der Waals surface area (Å²) in [6.07, 6.45) is 4.14. The molecule has 0 amide bonds. The molecule has 4 bridgehead atoms. The second-order valence-electron chi connectivity index (χ2n) is 6.19. The Morgan fingerprint density at radius 1 is 1.33 bits per heavy atom. The molecule has 0 aromatic rings. The number of aliphatic carboxylic acids is 1. The Hall–Kier alpha value is -0.860.